The first-order valence-electron chi connectivity index (χ1n) is 10.9. The lowest BCUT2D eigenvalue weighted by Gasteiger charge is -2.32. The van der Waals surface area contributed by atoms with Crippen LogP contribution in [0.15, 0.2) is 42.6 Å². The molecule has 2 atom stereocenters. The molecule has 1 N–H and O–H groups in total. The molecule has 1 fully saturated rings. The fourth-order valence-electron chi connectivity index (χ4n) is 4.02. The highest BCUT2D eigenvalue weighted by Gasteiger charge is 2.57. The molecule has 0 unspecified atom stereocenters. The molecule has 9 heteroatoms. The molecule has 1 aliphatic heterocycles. The van der Waals surface area contributed by atoms with Gasteiger partial charge in [0.2, 0.25) is 15.9 Å². The van der Waals surface area contributed by atoms with Gasteiger partial charge in [0.1, 0.15) is 6.04 Å². The molecule has 0 bridgehead atoms. The number of pyridine rings is 1. The fraction of sp³-hybridized carbons (Fsp3) is 0.500. The van der Waals surface area contributed by atoms with E-state index in [9.17, 15) is 13.2 Å². The van der Waals surface area contributed by atoms with Crippen molar-refractivity contribution in [3.05, 3.63) is 53.7 Å². The summed E-state index contributed by atoms with van der Waals surface area (Å²) in [5.74, 6) is -4.17. The van der Waals surface area contributed by atoms with Crippen molar-refractivity contribution in [3.8, 4) is 11.3 Å². The summed E-state index contributed by atoms with van der Waals surface area (Å²) in [6.45, 7) is 7.51. The smallest absolute Gasteiger partial charge is 0.283 e. The van der Waals surface area contributed by atoms with Crippen molar-refractivity contribution >= 4 is 15.9 Å². The molecule has 0 aliphatic carbocycles. The summed E-state index contributed by atoms with van der Waals surface area (Å²) >= 11 is 0. The second kappa shape index (κ2) is 9.10. The maximum Gasteiger partial charge on any atom is 0.283 e. The number of carbonyl (C=O) groups is 1. The Hall–Kier alpha value is -2.39. The van der Waals surface area contributed by atoms with Crippen LogP contribution in [0.5, 0.6) is 0 Å². The van der Waals surface area contributed by atoms with Crippen LogP contribution in [-0.2, 0) is 21.2 Å². The zero-order valence-electron chi connectivity index (χ0n) is 19.6. The molecule has 180 valence electrons. The van der Waals surface area contributed by atoms with Gasteiger partial charge in [-0.2, -0.15) is 0 Å². The van der Waals surface area contributed by atoms with Gasteiger partial charge in [0, 0.05) is 17.2 Å². The van der Waals surface area contributed by atoms with Crippen molar-refractivity contribution in [2.45, 2.75) is 59.0 Å². The van der Waals surface area contributed by atoms with Crippen molar-refractivity contribution in [3.63, 3.8) is 0 Å². The molecule has 3 rings (SSSR count). The third-order valence-electron chi connectivity index (χ3n) is 5.79. The average molecular weight is 480 g/mol. The normalized spacial score (nSPS) is 20.8. The van der Waals surface area contributed by atoms with Gasteiger partial charge in [0.15, 0.2) is 0 Å². The summed E-state index contributed by atoms with van der Waals surface area (Å²) in [7, 11) is -3.92. The molecule has 0 radical (unpaired) electrons. The second-order valence-corrected chi connectivity index (χ2v) is 11.7. The number of rotatable bonds is 6. The number of amides is 1. The lowest BCUT2D eigenvalue weighted by Crippen LogP contribution is -2.53. The van der Waals surface area contributed by atoms with E-state index in [1.807, 2.05) is 37.3 Å². The van der Waals surface area contributed by atoms with Gasteiger partial charge in [-0.1, -0.05) is 39.0 Å². The molecule has 0 saturated carbocycles. The average Bonchev–Trinajstić information content (AvgIpc) is 2.96. The van der Waals surface area contributed by atoms with Crippen LogP contribution in [-0.4, -0.2) is 54.5 Å². The molecule has 6 nitrogen and oxygen atoms in total. The number of aryl methyl sites for hydroxylation is 1. The third kappa shape index (κ3) is 5.76. The van der Waals surface area contributed by atoms with E-state index in [2.05, 4.69) is 9.71 Å². The summed E-state index contributed by atoms with van der Waals surface area (Å²) in [5.41, 5.74) is 2.43. The zero-order chi connectivity index (χ0) is 24.6. The van der Waals surface area contributed by atoms with E-state index < -0.39 is 45.9 Å². The van der Waals surface area contributed by atoms with Gasteiger partial charge in [-0.05, 0) is 49.6 Å². The second-order valence-electron chi connectivity index (χ2n) is 9.63. The van der Waals surface area contributed by atoms with Crippen molar-refractivity contribution in [2.24, 2.45) is 5.41 Å². The molecule has 1 aromatic carbocycles. The minimum Gasteiger partial charge on any atom is -0.331 e. The number of carbonyl (C=O) groups excluding carboxylic acids is 1. The molecule has 0 spiro atoms. The molecule has 2 heterocycles. The maximum atomic E-state index is 15.1. The SMILES string of the molecule is CCS(=O)(=O)N[C@@H]1[C@H](Cc2cccc(-c3cc(C)ccn3)c2)N(C(=O)C(C)(C)C)CC1(F)F. The third-order valence-corrected chi connectivity index (χ3v) is 7.17. The predicted octanol–water partition coefficient (Wildman–Crippen LogP) is 3.80. The van der Waals surface area contributed by atoms with E-state index in [4.69, 9.17) is 0 Å². The summed E-state index contributed by atoms with van der Waals surface area (Å²) in [6, 6.07) is 8.39. The van der Waals surface area contributed by atoms with E-state index >= 15 is 8.78 Å². The van der Waals surface area contributed by atoms with Crippen LogP contribution in [0.25, 0.3) is 11.3 Å². The standard InChI is InChI=1S/C24H31F2N3O3S/c1-6-33(31,32)28-21-20(29(15-24(21,25)26)22(30)23(3,4)5)14-17-8-7-9-18(13-17)19-12-16(2)10-11-27-19/h7-13,20-21,28H,6,14-15H2,1-5H3/t20-,21+/m0/s1. The van der Waals surface area contributed by atoms with E-state index in [-0.39, 0.29) is 12.2 Å². The number of aromatic nitrogens is 1. The number of likely N-dealkylation sites (tertiary alicyclic amines) is 1. The van der Waals surface area contributed by atoms with Crippen LogP contribution in [0.3, 0.4) is 0 Å². The van der Waals surface area contributed by atoms with E-state index in [0.717, 1.165) is 21.7 Å². The number of nitrogens with one attached hydrogen (secondary N) is 1. The predicted molar refractivity (Wildman–Crippen MR) is 124 cm³/mol. The van der Waals surface area contributed by atoms with Gasteiger partial charge in [-0.3, -0.25) is 9.78 Å². The van der Waals surface area contributed by atoms with E-state index in [1.165, 1.54) is 6.92 Å². The highest BCUT2D eigenvalue weighted by molar-refractivity contribution is 7.89. The summed E-state index contributed by atoms with van der Waals surface area (Å²) in [4.78, 5) is 18.6. The Balaban J connectivity index is 2.01. The Bertz CT molecular complexity index is 1130. The number of nitrogens with zero attached hydrogens (tertiary/aromatic N) is 2. The highest BCUT2D eigenvalue weighted by Crippen LogP contribution is 2.37. The first kappa shape index (κ1) is 25.2. The molecule has 33 heavy (non-hydrogen) atoms. The highest BCUT2D eigenvalue weighted by atomic mass is 32.2. The van der Waals surface area contributed by atoms with Gasteiger partial charge < -0.3 is 4.90 Å². The molecule has 1 aliphatic rings. The van der Waals surface area contributed by atoms with Gasteiger partial charge in [0.05, 0.1) is 24.0 Å². The van der Waals surface area contributed by atoms with Crippen LogP contribution in [0.1, 0.15) is 38.8 Å². The molecule has 1 aromatic heterocycles. The Morgan fingerprint density at radius 3 is 2.55 bits per heavy atom. The number of benzene rings is 1. The number of alkyl halides is 2. The first-order chi connectivity index (χ1) is 15.2. The van der Waals surface area contributed by atoms with Crippen LogP contribution >= 0.6 is 0 Å². The van der Waals surface area contributed by atoms with Gasteiger partial charge in [-0.15, -0.1) is 0 Å². The van der Waals surface area contributed by atoms with Crippen LogP contribution in [0.4, 0.5) is 8.78 Å². The number of halogens is 2. The summed E-state index contributed by atoms with van der Waals surface area (Å²) in [6.07, 6.45) is 1.78. The lowest BCUT2D eigenvalue weighted by molar-refractivity contribution is -0.141. The monoisotopic (exact) mass is 479 g/mol. The van der Waals surface area contributed by atoms with Gasteiger partial charge in [-0.25, -0.2) is 21.9 Å². The van der Waals surface area contributed by atoms with Gasteiger partial charge in [0.25, 0.3) is 5.92 Å². The first-order valence-corrected chi connectivity index (χ1v) is 12.6. The molecular weight excluding hydrogens is 448 g/mol. The van der Waals surface area contributed by atoms with Crippen molar-refractivity contribution in [1.82, 2.24) is 14.6 Å². The largest absolute Gasteiger partial charge is 0.331 e. The Labute approximate surface area is 194 Å². The molecule has 1 saturated heterocycles. The topological polar surface area (TPSA) is 79.4 Å². The Morgan fingerprint density at radius 1 is 1.24 bits per heavy atom. The Morgan fingerprint density at radius 2 is 1.94 bits per heavy atom. The minimum atomic E-state index is -3.92. The van der Waals surface area contributed by atoms with Crippen molar-refractivity contribution < 1.29 is 22.0 Å². The number of hydrogen-bond acceptors (Lipinski definition) is 4. The number of sulfonamides is 1. The fourth-order valence-corrected chi connectivity index (χ4v) is 4.90. The van der Waals surface area contributed by atoms with Crippen LogP contribution in [0.2, 0.25) is 0 Å². The maximum absolute atomic E-state index is 15.1. The van der Waals surface area contributed by atoms with Crippen molar-refractivity contribution in [2.75, 3.05) is 12.3 Å². The van der Waals surface area contributed by atoms with E-state index in [0.29, 0.717) is 5.56 Å². The molecule has 2 aromatic rings. The summed E-state index contributed by atoms with van der Waals surface area (Å²) < 4.78 is 56.8. The van der Waals surface area contributed by atoms with Crippen molar-refractivity contribution in [1.29, 1.82) is 0 Å². The quantitative estimate of drug-likeness (QED) is 0.684. The minimum absolute atomic E-state index is 0.0773. The zero-order valence-corrected chi connectivity index (χ0v) is 20.4. The van der Waals surface area contributed by atoms with Crippen LogP contribution in [0, 0.1) is 12.3 Å². The Kier molecular flexibility index (Phi) is 6.96. The number of hydrogen-bond donors (Lipinski definition) is 1. The van der Waals surface area contributed by atoms with Gasteiger partial charge >= 0.3 is 0 Å². The summed E-state index contributed by atoms with van der Waals surface area (Å²) in [5, 5.41) is 0. The lowest BCUT2D eigenvalue weighted by atomic mass is 9.92. The molecule has 1 amide bonds. The van der Waals surface area contributed by atoms with Crippen LogP contribution < -0.4 is 4.72 Å². The van der Waals surface area contributed by atoms with E-state index in [1.54, 1.807) is 33.0 Å². The molecular formula is C24H31F2N3O3S.